The first-order valence-electron chi connectivity index (χ1n) is 7.61. The van der Waals surface area contributed by atoms with Crippen LogP contribution in [0.25, 0.3) is 0 Å². The summed E-state index contributed by atoms with van der Waals surface area (Å²) < 4.78 is 0. The van der Waals surface area contributed by atoms with E-state index < -0.39 is 0 Å². The number of nitrogens with two attached hydrogens (primary N) is 1. The van der Waals surface area contributed by atoms with E-state index in [2.05, 4.69) is 41.3 Å². The summed E-state index contributed by atoms with van der Waals surface area (Å²) in [7, 11) is 0. The van der Waals surface area contributed by atoms with Gasteiger partial charge >= 0.3 is 0 Å². The molecule has 0 amide bonds. The fourth-order valence-corrected chi connectivity index (χ4v) is 4.79. The Morgan fingerprint density at radius 1 is 1.14 bits per heavy atom. The van der Waals surface area contributed by atoms with E-state index in [-0.39, 0.29) is 0 Å². The van der Waals surface area contributed by atoms with E-state index >= 15 is 0 Å². The summed E-state index contributed by atoms with van der Waals surface area (Å²) in [5.74, 6) is 1.90. The van der Waals surface area contributed by atoms with Gasteiger partial charge in [0.25, 0.3) is 0 Å². The maximum absolute atomic E-state index is 6.09. The van der Waals surface area contributed by atoms with Crippen LogP contribution in [0.5, 0.6) is 0 Å². The Morgan fingerprint density at radius 3 is 3.00 bits per heavy atom. The molecule has 2 nitrogen and oxygen atoms in total. The van der Waals surface area contributed by atoms with Crippen LogP contribution in [-0.4, -0.2) is 23.7 Å². The first kappa shape index (κ1) is 13.2. The smallest absolute Gasteiger partial charge is 0.0350 e. The van der Waals surface area contributed by atoms with Gasteiger partial charge < -0.3 is 5.73 Å². The van der Waals surface area contributed by atoms with Crippen LogP contribution >= 0.6 is 11.8 Å². The van der Waals surface area contributed by atoms with Crippen LogP contribution in [0.2, 0.25) is 0 Å². The maximum Gasteiger partial charge on any atom is 0.0350 e. The molecule has 0 aromatic heterocycles. The quantitative estimate of drug-likeness (QED) is 0.860. The molecular formula is C18H20N2S. The zero-order valence-corrected chi connectivity index (χ0v) is 12.9. The first-order valence-corrected chi connectivity index (χ1v) is 8.60. The van der Waals surface area contributed by atoms with Crippen molar-refractivity contribution in [3.05, 3.63) is 59.2 Å². The van der Waals surface area contributed by atoms with Crippen LogP contribution in [0.3, 0.4) is 0 Å². The molecule has 2 heterocycles. The fourth-order valence-electron chi connectivity index (χ4n) is 3.55. The Bertz CT molecular complexity index is 668. The van der Waals surface area contributed by atoms with Gasteiger partial charge in [0, 0.05) is 41.9 Å². The molecule has 0 radical (unpaired) electrons. The van der Waals surface area contributed by atoms with E-state index in [4.69, 9.17) is 5.73 Å². The van der Waals surface area contributed by atoms with Crippen molar-refractivity contribution in [2.24, 2.45) is 0 Å². The highest BCUT2D eigenvalue weighted by Crippen LogP contribution is 2.40. The molecule has 4 rings (SSSR count). The van der Waals surface area contributed by atoms with E-state index in [1.807, 2.05) is 17.8 Å². The summed E-state index contributed by atoms with van der Waals surface area (Å²) in [6.45, 7) is 3.34. The predicted octanol–water partition coefficient (Wildman–Crippen LogP) is 3.52. The summed E-state index contributed by atoms with van der Waals surface area (Å²) >= 11 is 2.01. The molecule has 2 aromatic rings. The van der Waals surface area contributed by atoms with Crippen LogP contribution in [0.1, 0.15) is 22.6 Å². The molecule has 0 saturated carbocycles. The van der Waals surface area contributed by atoms with Gasteiger partial charge in [-0.25, -0.2) is 0 Å². The molecule has 3 heteroatoms. The van der Waals surface area contributed by atoms with Gasteiger partial charge in [-0.15, -0.1) is 11.8 Å². The summed E-state index contributed by atoms with van der Waals surface area (Å²) in [5.41, 5.74) is 11.4. The normalized spacial score (nSPS) is 21.0. The van der Waals surface area contributed by atoms with Crippen molar-refractivity contribution in [2.75, 3.05) is 24.6 Å². The Balaban J connectivity index is 1.50. The van der Waals surface area contributed by atoms with Gasteiger partial charge in [0.05, 0.1) is 0 Å². The lowest BCUT2D eigenvalue weighted by Gasteiger charge is -2.31. The highest BCUT2D eigenvalue weighted by Gasteiger charge is 2.26. The van der Waals surface area contributed by atoms with Crippen LogP contribution in [-0.2, 0) is 13.0 Å². The second kappa shape index (κ2) is 5.39. The number of nitrogens with zero attached hydrogens (tertiary/aromatic N) is 1. The number of thioether (sulfide) groups is 1. The van der Waals surface area contributed by atoms with Crippen LogP contribution in [0, 0.1) is 0 Å². The van der Waals surface area contributed by atoms with Gasteiger partial charge in [0.1, 0.15) is 0 Å². The number of benzene rings is 2. The van der Waals surface area contributed by atoms with Crippen LogP contribution in [0.15, 0.2) is 47.4 Å². The second-order valence-corrected chi connectivity index (χ2v) is 7.08. The number of hydrogen-bond acceptors (Lipinski definition) is 3. The Hall–Kier alpha value is -1.45. The minimum Gasteiger partial charge on any atom is -0.398 e. The molecule has 2 aliphatic heterocycles. The third-order valence-corrected chi connectivity index (χ3v) is 5.91. The zero-order valence-electron chi connectivity index (χ0n) is 12.1. The summed E-state index contributed by atoms with van der Waals surface area (Å²) in [5, 5.41) is 0. The maximum atomic E-state index is 6.09. The lowest BCUT2D eigenvalue weighted by Crippen LogP contribution is -2.34. The Labute approximate surface area is 130 Å². The second-order valence-electron chi connectivity index (χ2n) is 6.02. The lowest BCUT2D eigenvalue weighted by atomic mass is 9.95. The van der Waals surface area contributed by atoms with Gasteiger partial charge in [0.2, 0.25) is 0 Å². The van der Waals surface area contributed by atoms with Crippen molar-refractivity contribution < 1.29 is 0 Å². The number of hydrogen-bond donors (Lipinski definition) is 1. The molecule has 1 atom stereocenters. The minimum absolute atomic E-state index is 0.675. The molecule has 2 aromatic carbocycles. The van der Waals surface area contributed by atoms with Gasteiger partial charge in [-0.2, -0.15) is 0 Å². The van der Waals surface area contributed by atoms with E-state index in [0.29, 0.717) is 5.92 Å². The van der Waals surface area contributed by atoms with Crippen molar-refractivity contribution in [1.82, 2.24) is 4.90 Å². The van der Waals surface area contributed by atoms with E-state index in [0.717, 1.165) is 31.7 Å². The molecular weight excluding hydrogens is 276 g/mol. The highest BCUT2D eigenvalue weighted by molar-refractivity contribution is 7.99. The average molecular weight is 296 g/mol. The lowest BCUT2D eigenvalue weighted by molar-refractivity contribution is 0.243. The molecule has 108 valence electrons. The van der Waals surface area contributed by atoms with E-state index in [1.54, 1.807) is 5.56 Å². The van der Waals surface area contributed by atoms with Crippen molar-refractivity contribution >= 4 is 17.4 Å². The van der Waals surface area contributed by atoms with E-state index in [9.17, 15) is 0 Å². The molecule has 21 heavy (non-hydrogen) atoms. The first-order chi connectivity index (χ1) is 10.3. The molecule has 0 aliphatic carbocycles. The predicted molar refractivity (Wildman–Crippen MR) is 89.7 cm³/mol. The Morgan fingerprint density at radius 2 is 2.05 bits per heavy atom. The summed E-state index contributed by atoms with van der Waals surface area (Å²) in [4.78, 5) is 4.07. The van der Waals surface area contributed by atoms with Gasteiger partial charge in [-0.3, -0.25) is 4.90 Å². The van der Waals surface area contributed by atoms with Gasteiger partial charge in [-0.05, 0) is 35.2 Å². The summed E-state index contributed by atoms with van der Waals surface area (Å²) in [6.07, 6.45) is 1.09. The number of anilines is 1. The molecule has 2 aliphatic rings. The standard InChI is InChI=1S/C18H20N2S/c19-17-6-3-4-13-10-20(9-8-15(13)17)11-14-12-21-18-7-2-1-5-16(14)18/h1-7,14H,8-12,19H2. The van der Waals surface area contributed by atoms with Crippen molar-refractivity contribution in [1.29, 1.82) is 0 Å². The third-order valence-electron chi connectivity index (χ3n) is 4.66. The number of fused-ring (bicyclic) bond motifs is 2. The Kier molecular flexibility index (Phi) is 3.40. The summed E-state index contributed by atoms with van der Waals surface area (Å²) in [6, 6.07) is 15.2. The number of nitrogen functional groups attached to an aromatic ring is 1. The third kappa shape index (κ3) is 2.45. The largest absolute Gasteiger partial charge is 0.398 e. The minimum atomic E-state index is 0.675. The highest BCUT2D eigenvalue weighted by atomic mass is 32.2. The molecule has 1 unspecified atom stereocenters. The average Bonchev–Trinajstić information content (AvgIpc) is 2.91. The molecule has 0 fully saturated rings. The molecule has 0 spiro atoms. The van der Waals surface area contributed by atoms with Crippen LogP contribution < -0.4 is 5.73 Å². The number of rotatable bonds is 2. The van der Waals surface area contributed by atoms with Gasteiger partial charge in [0.15, 0.2) is 0 Å². The van der Waals surface area contributed by atoms with Crippen molar-refractivity contribution in [3.8, 4) is 0 Å². The van der Waals surface area contributed by atoms with Gasteiger partial charge in [-0.1, -0.05) is 30.3 Å². The molecule has 0 saturated heterocycles. The topological polar surface area (TPSA) is 29.3 Å². The van der Waals surface area contributed by atoms with E-state index in [1.165, 1.54) is 21.8 Å². The SMILES string of the molecule is Nc1cccc2c1CCN(CC1CSc3ccccc31)C2. The molecule has 0 bridgehead atoms. The van der Waals surface area contributed by atoms with Crippen molar-refractivity contribution in [2.45, 2.75) is 23.8 Å². The van der Waals surface area contributed by atoms with Crippen LogP contribution in [0.4, 0.5) is 5.69 Å². The van der Waals surface area contributed by atoms with Crippen molar-refractivity contribution in [3.63, 3.8) is 0 Å². The fraction of sp³-hybridized carbons (Fsp3) is 0.333. The monoisotopic (exact) mass is 296 g/mol. The molecule has 2 N–H and O–H groups in total. The zero-order chi connectivity index (χ0) is 14.2.